The quantitative estimate of drug-likeness (QED) is 0.186. The van der Waals surface area contributed by atoms with Gasteiger partial charge in [0.2, 0.25) is 17.7 Å². The van der Waals surface area contributed by atoms with Crippen molar-refractivity contribution in [2.24, 2.45) is 5.73 Å². The van der Waals surface area contributed by atoms with Gasteiger partial charge in [-0.25, -0.2) is 0 Å². The van der Waals surface area contributed by atoms with E-state index in [1.54, 1.807) is 6.20 Å². The molecule has 0 radical (unpaired) electrons. The third kappa shape index (κ3) is 6.75. The summed E-state index contributed by atoms with van der Waals surface area (Å²) in [5.74, 6) is -3.76. The van der Waals surface area contributed by atoms with Crippen LogP contribution in [0.3, 0.4) is 0 Å². The fourth-order valence-corrected chi connectivity index (χ4v) is 3.12. The zero-order chi connectivity index (χ0) is 24.7. The van der Waals surface area contributed by atoms with Crippen molar-refractivity contribution >= 4 is 34.6 Å². The molecule has 0 aliphatic heterocycles. The van der Waals surface area contributed by atoms with Gasteiger partial charge >= 0.3 is 5.97 Å². The van der Waals surface area contributed by atoms with E-state index in [1.165, 1.54) is 13.8 Å². The van der Waals surface area contributed by atoms with E-state index in [4.69, 9.17) is 15.9 Å². The molecule has 1 aromatic heterocycles. The van der Waals surface area contributed by atoms with E-state index in [1.807, 2.05) is 24.3 Å². The normalized spacial score (nSPS) is 15.7. The van der Waals surface area contributed by atoms with Gasteiger partial charge in [-0.3, -0.25) is 19.2 Å². The molecule has 0 aliphatic rings. The van der Waals surface area contributed by atoms with Crippen LogP contribution in [0.1, 0.15) is 19.4 Å². The number of aliphatic carboxylic acids is 1. The minimum Gasteiger partial charge on any atom is -0.480 e. The molecule has 5 unspecified atom stereocenters. The summed E-state index contributed by atoms with van der Waals surface area (Å²) in [7, 11) is 0. The number of carbonyl (C=O) groups is 4. The van der Waals surface area contributed by atoms with Crippen LogP contribution in [0.25, 0.3) is 10.9 Å². The minimum atomic E-state index is -1.47. The maximum Gasteiger partial charge on any atom is 0.325 e. The van der Waals surface area contributed by atoms with Gasteiger partial charge in [-0.1, -0.05) is 18.2 Å². The molecule has 0 saturated carbocycles. The second-order valence-corrected chi connectivity index (χ2v) is 7.71. The maximum absolute atomic E-state index is 12.9. The third-order valence-corrected chi connectivity index (χ3v) is 5.06. The Balaban J connectivity index is 2.27. The van der Waals surface area contributed by atoms with Crippen molar-refractivity contribution in [2.45, 2.75) is 50.5 Å². The number of benzene rings is 1. The average Bonchev–Trinajstić information content (AvgIpc) is 3.18. The Morgan fingerprint density at radius 2 is 1.70 bits per heavy atom. The number of carboxylic acids is 1. The van der Waals surface area contributed by atoms with Crippen molar-refractivity contribution in [2.75, 3.05) is 6.61 Å². The van der Waals surface area contributed by atoms with Gasteiger partial charge in [0.05, 0.1) is 12.7 Å². The molecule has 0 saturated heterocycles. The molecule has 2 aromatic rings. The third-order valence-electron chi connectivity index (χ3n) is 5.06. The summed E-state index contributed by atoms with van der Waals surface area (Å²) in [4.78, 5) is 51.9. The molecule has 0 aliphatic carbocycles. The summed E-state index contributed by atoms with van der Waals surface area (Å²) in [6.07, 6.45) is 0.325. The van der Waals surface area contributed by atoms with E-state index in [-0.39, 0.29) is 6.42 Å². The summed E-state index contributed by atoms with van der Waals surface area (Å²) in [5, 5.41) is 36.0. The molecule has 2 rings (SSSR count). The number of carboxylic acid groups (broad SMARTS) is 1. The van der Waals surface area contributed by atoms with Crippen molar-refractivity contribution in [3.63, 3.8) is 0 Å². The summed E-state index contributed by atoms with van der Waals surface area (Å²) in [6, 6.07) is 2.10. The Morgan fingerprint density at radius 1 is 1.03 bits per heavy atom. The molecule has 0 bridgehead atoms. The second kappa shape index (κ2) is 11.4. The van der Waals surface area contributed by atoms with Crippen LogP contribution in [0.2, 0.25) is 0 Å². The first-order valence-corrected chi connectivity index (χ1v) is 10.3. The monoisotopic (exact) mass is 463 g/mol. The van der Waals surface area contributed by atoms with E-state index in [2.05, 4.69) is 20.9 Å². The SMILES string of the molecule is CC(NC(=O)C(Cc1c[nH]c2ccccc12)NC(=O)C(NC(=O)C(N)CO)C(C)O)C(=O)O. The van der Waals surface area contributed by atoms with Gasteiger partial charge in [0.25, 0.3) is 0 Å². The van der Waals surface area contributed by atoms with Gasteiger partial charge in [0.15, 0.2) is 0 Å². The highest BCUT2D eigenvalue weighted by Crippen LogP contribution is 2.19. The second-order valence-electron chi connectivity index (χ2n) is 7.71. The van der Waals surface area contributed by atoms with Gasteiger partial charge in [-0.15, -0.1) is 0 Å². The number of rotatable bonds is 11. The number of H-pyrrole nitrogens is 1. The standard InChI is InChI=1S/C21H29N5O7/c1-10(21(32)33)24-19(30)16(7-12-8-23-15-6-4-3-5-13(12)15)25-20(31)17(11(2)28)26-18(29)14(22)9-27/h3-6,8,10-11,14,16-17,23,27-28H,7,9,22H2,1-2H3,(H,24,30)(H,25,31)(H,26,29)(H,32,33). The highest BCUT2D eigenvalue weighted by atomic mass is 16.4. The zero-order valence-electron chi connectivity index (χ0n) is 18.2. The van der Waals surface area contributed by atoms with E-state index in [9.17, 15) is 24.3 Å². The Hall–Kier alpha value is -3.48. The lowest BCUT2D eigenvalue weighted by atomic mass is 10.0. The van der Waals surface area contributed by atoms with E-state index >= 15 is 0 Å². The highest BCUT2D eigenvalue weighted by Gasteiger charge is 2.32. The lowest BCUT2D eigenvalue weighted by Crippen LogP contribution is -2.60. The van der Waals surface area contributed by atoms with Gasteiger partial charge < -0.3 is 42.0 Å². The van der Waals surface area contributed by atoms with Crippen molar-refractivity contribution in [1.29, 1.82) is 0 Å². The number of amides is 3. The van der Waals surface area contributed by atoms with Crippen LogP contribution >= 0.6 is 0 Å². The molecule has 0 fully saturated rings. The van der Waals surface area contributed by atoms with Crippen LogP contribution in [0.5, 0.6) is 0 Å². The summed E-state index contributed by atoms with van der Waals surface area (Å²) < 4.78 is 0. The molecular formula is C21H29N5O7. The predicted octanol–water partition coefficient (Wildman–Crippen LogP) is -2.03. The molecule has 12 heteroatoms. The summed E-state index contributed by atoms with van der Waals surface area (Å²) in [6.45, 7) is 1.87. The van der Waals surface area contributed by atoms with Gasteiger partial charge in [-0.05, 0) is 25.5 Å². The Morgan fingerprint density at radius 3 is 2.30 bits per heavy atom. The van der Waals surface area contributed by atoms with Crippen LogP contribution in [0.4, 0.5) is 0 Å². The molecule has 12 nitrogen and oxygen atoms in total. The molecule has 9 N–H and O–H groups in total. The van der Waals surface area contributed by atoms with Crippen LogP contribution in [-0.2, 0) is 25.6 Å². The highest BCUT2D eigenvalue weighted by molar-refractivity contribution is 5.95. The van der Waals surface area contributed by atoms with Crippen molar-refractivity contribution in [1.82, 2.24) is 20.9 Å². The van der Waals surface area contributed by atoms with Crippen molar-refractivity contribution in [3.8, 4) is 0 Å². The number of hydrogen-bond donors (Lipinski definition) is 8. The molecule has 33 heavy (non-hydrogen) atoms. The molecule has 180 valence electrons. The Kier molecular flexibility index (Phi) is 8.91. The number of hydrogen-bond acceptors (Lipinski definition) is 7. The van der Waals surface area contributed by atoms with Gasteiger partial charge in [-0.2, -0.15) is 0 Å². The number of carbonyl (C=O) groups excluding carboxylic acids is 3. The lowest BCUT2D eigenvalue weighted by molar-refractivity contribution is -0.142. The van der Waals surface area contributed by atoms with Crippen LogP contribution in [0.15, 0.2) is 30.5 Å². The first kappa shape index (κ1) is 25.8. The molecule has 1 heterocycles. The van der Waals surface area contributed by atoms with E-state index in [0.717, 1.165) is 10.9 Å². The number of aromatic nitrogens is 1. The van der Waals surface area contributed by atoms with E-state index in [0.29, 0.717) is 5.56 Å². The predicted molar refractivity (Wildman–Crippen MR) is 118 cm³/mol. The first-order chi connectivity index (χ1) is 15.5. The molecule has 1 aromatic carbocycles. The van der Waals surface area contributed by atoms with Crippen LogP contribution in [-0.4, -0.2) is 80.9 Å². The number of aliphatic hydroxyl groups is 2. The van der Waals surface area contributed by atoms with Crippen molar-refractivity contribution < 1.29 is 34.5 Å². The van der Waals surface area contributed by atoms with Crippen LogP contribution in [0, 0.1) is 0 Å². The summed E-state index contributed by atoms with van der Waals surface area (Å²) in [5.41, 5.74) is 6.94. The maximum atomic E-state index is 12.9. The molecule has 5 atom stereocenters. The molecular weight excluding hydrogens is 434 g/mol. The topological polar surface area (TPSA) is 207 Å². The number of aromatic amines is 1. The smallest absolute Gasteiger partial charge is 0.325 e. The summed E-state index contributed by atoms with van der Waals surface area (Å²) >= 11 is 0. The number of nitrogens with one attached hydrogen (secondary N) is 4. The van der Waals surface area contributed by atoms with Crippen molar-refractivity contribution in [3.05, 3.63) is 36.0 Å². The fraction of sp³-hybridized carbons (Fsp3) is 0.429. The number of fused-ring (bicyclic) bond motifs is 1. The lowest BCUT2D eigenvalue weighted by Gasteiger charge is -2.26. The largest absolute Gasteiger partial charge is 0.480 e. The van der Waals surface area contributed by atoms with Crippen LogP contribution < -0.4 is 21.7 Å². The Labute approximate surface area is 189 Å². The minimum absolute atomic E-state index is 0.00452. The number of para-hydroxylation sites is 1. The molecule has 3 amide bonds. The first-order valence-electron chi connectivity index (χ1n) is 10.3. The number of nitrogens with two attached hydrogens (primary N) is 1. The van der Waals surface area contributed by atoms with E-state index < -0.39 is 60.6 Å². The van der Waals surface area contributed by atoms with Gasteiger partial charge in [0, 0.05) is 23.5 Å². The fourth-order valence-electron chi connectivity index (χ4n) is 3.12. The molecule has 0 spiro atoms. The number of aliphatic hydroxyl groups excluding tert-OH is 2. The zero-order valence-corrected chi connectivity index (χ0v) is 18.2. The Bertz CT molecular complexity index is 1010. The van der Waals surface area contributed by atoms with Gasteiger partial charge in [0.1, 0.15) is 24.2 Å². The average molecular weight is 463 g/mol.